The summed E-state index contributed by atoms with van der Waals surface area (Å²) in [4.78, 5) is 19.4. The van der Waals surface area contributed by atoms with Gasteiger partial charge < -0.3 is 9.64 Å². The second-order valence-corrected chi connectivity index (χ2v) is 7.02. The molecule has 2 aromatic carbocycles. The van der Waals surface area contributed by atoms with Crippen LogP contribution in [0.5, 0.6) is 5.75 Å². The summed E-state index contributed by atoms with van der Waals surface area (Å²) in [6.07, 6.45) is 3.44. The summed E-state index contributed by atoms with van der Waals surface area (Å²) in [5.41, 5.74) is 1.97. The molecular formula is C23H24N2O2. The third-order valence-electron chi connectivity index (χ3n) is 5.25. The lowest BCUT2D eigenvalue weighted by atomic mass is 9.95. The average Bonchev–Trinajstić information content (AvgIpc) is 3.18. The first-order chi connectivity index (χ1) is 13.3. The molecule has 1 amide bonds. The summed E-state index contributed by atoms with van der Waals surface area (Å²) in [6, 6.07) is 20.0. The van der Waals surface area contributed by atoms with Crippen LogP contribution >= 0.6 is 0 Å². The minimum atomic E-state index is -0.0795. The zero-order chi connectivity index (χ0) is 18.6. The van der Waals surface area contributed by atoms with Crippen molar-refractivity contribution in [1.29, 1.82) is 0 Å². The van der Waals surface area contributed by atoms with Crippen LogP contribution in [0.4, 0.5) is 0 Å². The number of aromatic nitrogens is 1. The van der Waals surface area contributed by atoms with Crippen molar-refractivity contribution in [2.24, 2.45) is 0 Å². The number of carbonyl (C=O) groups is 1. The number of ether oxygens (including phenoxy) is 1. The van der Waals surface area contributed by atoms with Crippen molar-refractivity contribution in [2.75, 3.05) is 13.1 Å². The Bertz CT molecular complexity index is 921. The quantitative estimate of drug-likeness (QED) is 0.677. The molecule has 1 aromatic heterocycles. The first-order valence-corrected chi connectivity index (χ1v) is 9.60. The molecule has 4 heteroatoms. The summed E-state index contributed by atoms with van der Waals surface area (Å²) >= 11 is 0. The topological polar surface area (TPSA) is 42.4 Å². The van der Waals surface area contributed by atoms with Crippen LogP contribution < -0.4 is 4.74 Å². The van der Waals surface area contributed by atoms with E-state index in [1.807, 2.05) is 65.6 Å². The molecule has 138 valence electrons. The molecule has 4 rings (SSSR count). The van der Waals surface area contributed by atoms with Gasteiger partial charge in [0.1, 0.15) is 17.4 Å². The number of carbonyl (C=O) groups excluding carboxylic acids is 1. The maximum Gasteiger partial charge on any atom is 0.230 e. The van der Waals surface area contributed by atoms with Gasteiger partial charge in [-0.2, -0.15) is 0 Å². The molecule has 0 saturated carbocycles. The van der Waals surface area contributed by atoms with E-state index in [4.69, 9.17) is 4.74 Å². The number of benzene rings is 2. The number of rotatable bonds is 5. The lowest BCUT2D eigenvalue weighted by Crippen LogP contribution is -2.34. The third-order valence-corrected chi connectivity index (χ3v) is 5.25. The van der Waals surface area contributed by atoms with Crippen molar-refractivity contribution >= 4 is 16.8 Å². The standard InChI is InChI=1S/C23H24N2O2/c1-2-20(17-8-4-3-5-9-17)23(26)25-15-13-19(16-25)27-21-12-6-10-18-11-7-14-24-22(18)21/h3-12,14,19-20H,2,13,15-16H2,1H3. The molecule has 0 spiro atoms. The van der Waals surface area contributed by atoms with Gasteiger partial charge in [0, 0.05) is 24.5 Å². The Hall–Kier alpha value is -2.88. The van der Waals surface area contributed by atoms with Gasteiger partial charge in [-0.1, -0.05) is 55.5 Å². The van der Waals surface area contributed by atoms with Crippen LogP contribution in [0.25, 0.3) is 10.9 Å². The van der Waals surface area contributed by atoms with Crippen LogP contribution in [0, 0.1) is 0 Å². The zero-order valence-corrected chi connectivity index (χ0v) is 15.5. The molecule has 2 heterocycles. The summed E-state index contributed by atoms with van der Waals surface area (Å²) in [5.74, 6) is 0.914. The maximum absolute atomic E-state index is 13.0. The van der Waals surface area contributed by atoms with E-state index in [0.29, 0.717) is 6.54 Å². The highest BCUT2D eigenvalue weighted by Crippen LogP contribution is 2.28. The molecule has 1 aliphatic rings. The Morgan fingerprint density at radius 3 is 2.78 bits per heavy atom. The Kier molecular flexibility index (Phi) is 5.05. The Labute approximate surface area is 159 Å². The van der Waals surface area contributed by atoms with Crippen molar-refractivity contribution in [3.8, 4) is 5.75 Å². The van der Waals surface area contributed by atoms with Crippen LogP contribution in [-0.2, 0) is 4.79 Å². The summed E-state index contributed by atoms with van der Waals surface area (Å²) in [6.45, 7) is 3.44. The van der Waals surface area contributed by atoms with Gasteiger partial charge in [0.2, 0.25) is 5.91 Å². The van der Waals surface area contributed by atoms with Crippen molar-refractivity contribution in [2.45, 2.75) is 31.8 Å². The van der Waals surface area contributed by atoms with E-state index in [9.17, 15) is 4.79 Å². The number of hydrogen-bond acceptors (Lipinski definition) is 3. The molecule has 0 N–H and O–H groups in total. The second kappa shape index (κ2) is 7.78. The molecule has 0 radical (unpaired) electrons. The Morgan fingerprint density at radius 2 is 1.96 bits per heavy atom. The van der Waals surface area contributed by atoms with Crippen molar-refractivity contribution in [1.82, 2.24) is 9.88 Å². The predicted molar refractivity (Wildman–Crippen MR) is 107 cm³/mol. The highest BCUT2D eigenvalue weighted by atomic mass is 16.5. The SMILES string of the molecule is CCC(C(=O)N1CCC(Oc2cccc3cccnc23)C1)c1ccccc1. The molecule has 27 heavy (non-hydrogen) atoms. The Morgan fingerprint density at radius 1 is 1.15 bits per heavy atom. The van der Waals surface area contributed by atoms with Gasteiger partial charge in [-0.05, 0) is 24.1 Å². The summed E-state index contributed by atoms with van der Waals surface area (Å²) in [5, 5.41) is 1.07. The fourth-order valence-corrected chi connectivity index (χ4v) is 3.83. The van der Waals surface area contributed by atoms with Crippen LogP contribution in [0.2, 0.25) is 0 Å². The number of fused-ring (bicyclic) bond motifs is 1. The van der Waals surface area contributed by atoms with E-state index in [1.54, 1.807) is 6.20 Å². The highest BCUT2D eigenvalue weighted by Gasteiger charge is 2.32. The lowest BCUT2D eigenvalue weighted by Gasteiger charge is -2.23. The second-order valence-electron chi connectivity index (χ2n) is 7.02. The van der Waals surface area contributed by atoms with Gasteiger partial charge in [0.15, 0.2) is 0 Å². The number of hydrogen-bond donors (Lipinski definition) is 0. The molecule has 2 atom stereocenters. The highest BCUT2D eigenvalue weighted by molar-refractivity contribution is 5.85. The minimum Gasteiger partial charge on any atom is -0.486 e. The number of pyridine rings is 1. The van der Waals surface area contributed by atoms with Crippen LogP contribution in [0.15, 0.2) is 66.9 Å². The van der Waals surface area contributed by atoms with Gasteiger partial charge in [-0.25, -0.2) is 0 Å². The Balaban J connectivity index is 1.46. The van der Waals surface area contributed by atoms with Crippen LogP contribution in [0.3, 0.4) is 0 Å². The normalized spacial score (nSPS) is 17.8. The molecular weight excluding hydrogens is 336 g/mol. The van der Waals surface area contributed by atoms with Crippen LogP contribution in [-0.4, -0.2) is 35.0 Å². The van der Waals surface area contributed by atoms with Crippen LogP contribution in [0.1, 0.15) is 31.2 Å². The predicted octanol–water partition coefficient (Wildman–Crippen LogP) is 4.41. The smallest absolute Gasteiger partial charge is 0.230 e. The minimum absolute atomic E-state index is 0.00911. The first-order valence-electron chi connectivity index (χ1n) is 9.60. The molecule has 3 aromatic rings. The van der Waals surface area contributed by atoms with Gasteiger partial charge in [0.25, 0.3) is 0 Å². The van der Waals surface area contributed by atoms with Gasteiger partial charge in [-0.15, -0.1) is 0 Å². The average molecular weight is 360 g/mol. The van der Waals surface area contributed by atoms with E-state index in [-0.39, 0.29) is 17.9 Å². The third kappa shape index (κ3) is 3.65. The molecule has 0 aliphatic carbocycles. The number of nitrogens with zero attached hydrogens (tertiary/aromatic N) is 2. The number of para-hydroxylation sites is 1. The molecule has 1 aliphatic heterocycles. The zero-order valence-electron chi connectivity index (χ0n) is 15.5. The summed E-state index contributed by atoms with van der Waals surface area (Å²) < 4.78 is 6.23. The van der Waals surface area contributed by atoms with E-state index < -0.39 is 0 Å². The van der Waals surface area contributed by atoms with Gasteiger partial charge in [-0.3, -0.25) is 9.78 Å². The fourth-order valence-electron chi connectivity index (χ4n) is 3.83. The molecule has 0 bridgehead atoms. The van der Waals surface area contributed by atoms with Gasteiger partial charge in [0.05, 0.1) is 12.5 Å². The van der Waals surface area contributed by atoms with Crippen molar-refractivity contribution < 1.29 is 9.53 Å². The van der Waals surface area contributed by atoms with E-state index in [2.05, 4.69) is 11.9 Å². The monoisotopic (exact) mass is 360 g/mol. The van der Waals surface area contributed by atoms with E-state index in [0.717, 1.165) is 41.6 Å². The summed E-state index contributed by atoms with van der Waals surface area (Å²) in [7, 11) is 0. The molecule has 1 saturated heterocycles. The molecule has 4 nitrogen and oxygen atoms in total. The molecule has 1 fully saturated rings. The fraction of sp³-hybridized carbons (Fsp3) is 0.304. The van der Waals surface area contributed by atoms with Crippen molar-refractivity contribution in [3.05, 3.63) is 72.4 Å². The lowest BCUT2D eigenvalue weighted by molar-refractivity contribution is -0.132. The largest absolute Gasteiger partial charge is 0.486 e. The number of amides is 1. The van der Waals surface area contributed by atoms with E-state index >= 15 is 0 Å². The van der Waals surface area contributed by atoms with E-state index in [1.165, 1.54) is 0 Å². The van der Waals surface area contributed by atoms with Gasteiger partial charge >= 0.3 is 0 Å². The van der Waals surface area contributed by atoms with Crippen molar-refractivity contribution in [3.63, 3.8) is 0 Å². The maximum atomic E-state index is 13.0. The first kappa shape index (κ1) is 17.5. The molecule has 2 unspecified atom stereocenters. The number of likely N-dealkylation sites (tertiary alicyclic amines) is 1.